The number of aryl methyl sites for hydroxylation is 2. The fraction of sp³-hybridized carbons (Fsp3) is 0.562. The number of hydrogen-bond acceptors (Lipinski definition) is 6. The molecule has 0 aromatic carbocycles. The molecule has 0 bridgehead atoms. The van der Waals surface area contributed by atoms with Crippen LogP contribution in [0, 0.1) is 6.92 Å². The second-order valence-corrected chi connectivity index (χ2v) is 8.25. The van der Waals surface area contributed by atoms with Crippen LogP contribution in [0.5, 0.6) is 0 Å². The highest BCUT2D eigenvalue weighted by Gasteiger charge is 2.29. The molecule has 4 rings (SSSR count). The Morgan fingerprint density at radius 3 is 3.30 bits per heavy atom. The lowest BCUT2D eigenvalue weighted by Crippen LogP contribution is -2.35. The molecule has 0 saturated heterocycles. The second kappa shape index (κ2) is 6.28. The van der Waals surface area contributed by atoms with E-state index in [9.17, 15) is 4.79 Å². The minimum absolute atomic E-state index is 0.0837. The zero-order valence-electron chi connectivity index (χ0n) is 13.2. The van der Waals surface area contributed by atoms with Gasteiger partial charge in [-0.15, -0.1) is 11.3 Å². The molecule has 23 heavy (non-hydrogen) atoms. The number of thioether (sulfide) groups is 1. The average Bonchev–Trinajstić information content (AvgIpc) is 3.11. The van der Waals surface area contributed by atoms with Crippen LogP contribution >= 0.6 is 23.1 Å². The van der Waals surface area contributed by atoms with Crippen molar-refractivity contribution in [3.63, 3.8) is 0 Å². The lowest BCUT2D eigenvalue weighted by molar-refractivity contribution is -0.121. The first-order valence-corrected chi connectivity index (χ1v) is 9.83. The fourth-order valence-electron chi connectivity index (χ4n) is 3.36. The summed E-state index contributed by atoms with van der Waals surface area (Å²) in [6.07, 6.45) is 4.71. The van der Waals surface area contributed by atoms with Crippen LogP contribution in [-0.2, 0) is 11.2 Å². The van der Waals surface area contributed by atoms with Crippen LogP contribution in [0.15, 0.2) is 16.1 Å². The molecule has 1 amide bonds. The van der Waals surface area contributed by atoms with Crippen molar-refractivity contribution < 1.29 is 4.79 Å². The number of carbonyl (C=O) groups excluding carboxylic acids is 1. The van der Waals surface area contributed by atoms with Crippen molar-refractivity contribution in [1.29, 1.82) is 0 Å². The molecule has 3 heterocycles. The lowest BCUT2D eigenvalue weighted by atomic mass is 9.97. The molecule has 3 aliphatic rings. The van der Waals surface area contributed by atoms with E-state index in [-0.39, 0.29) is 11.9 Å². The van der Waals surface area contributed by atoms with E-state index in [1.807, 2.05) is 6.92 Å². The molecule has 7 heteroatoms. The van der Waals surface area contributed by atoms with Gasteiger partial charge >= 0.3 is 0 Å². The highest BCUT2D eigenvalue weighted by molar-refractivity contribution is 8.16. The predicted molar refractivity (Wildman–Crippen MR) is 94.6 cm³/mol. The maximum atomic E-state index is 12.5. The van der Waals surface area contributed by atoms with E-state index in [4.69, 9.17) is 0 Å². The number of carbonyl (C=O) groups is 1. The first kappa shape index (κ1) is 15.2. The maximum Gasteiger partial charge on any atom is 0.226 e. The summed E-state index contributed by atoms with van der Waals surface area (Å²) in [4.78, 5) is 25.2. The average molecular weight is 348 g/mol. The van der Waals surface area contributed by atoms with Gasteiger partial charge < -0.3 is 10.2 Å². The van der Waals surface area contributed by atoms with Crippen molar-refractivity contribution in [1.82, 2.24) is 15.2 Å². The van der Waals surface area contributed by atoms with Crippen molar-refractivity contribution >= 4 is 34.2 Å². The third-order valence-electron chi connectivity index (χ3n) is 4.40. The van der Waals surface area contributed by atoms with E-state index in [2.05, 4.69) is 25.6 Å². The molecule has 1 aliphatic carbocycles. The van der Waals surface area contributed by atoms with Crippen molar-refractivity contribution in [2.45, 2.75) is 45.1 Å². The van der Waals surface area contributed by atoms with Crippen molar-refractivity contribution in [2.24, 2.45) is 4.99 Å². The van der Waals surface area contributed by atoms with Gasteiger partial charge in [0, 0.05) is 23.7 Å². The Kier molecular flexibility index (Phi) is 4.15. The molecule has 0 radical (unpaired) electrons. The largest absolute Gasteiger partial charge is 0.347 e. The minimum atomic E-state index is 0.0837. The Morgan fingerprint density at radius 2 is 2.39 bits per heavy atom. The van der Waals surface area contributed by atoms with Gasteiger partial charge in [0.05, 0.1) is 23.2 Å². The second-order valence-electron chi connectivity index (χ2n) is 6.13. The van der Waals surface area contributed by atoms with Gasteiger partial charge in [0.2, 0.25) is 5.91 Å². The first-order chi connectivity index (χ1) is 11.2. The quantitative estimate of drug-likeness (QED) is 0.912. The first-order valence-electron chi connectivity index (χ1n) is 8.14. The Labute approximate surface area is 144 Å². The molecule has 1 unspecified atom stereocenters. The summed E-state index contributed by atoms with van der Waals surface area (Å²) in [5, 5.41) is 7.42. The van der Waals surface area contributed by atoms with Gasteiger partial charge in [-0.05, 0) is 38.0 Å². The van der Waals surface area contributed by atoms with E-state index in [0.717, 1.165) is 60.3 Å². The van der Waals surface area contributed by atoms with Crippen LogP contribution in [0.3, 0.4) is 0 Å². The minimum Gasteiger partial charge on any atom is -0.347 e. The van der Waals surface area contributed by atoms with E-state index in [1.165, 1.54) is 4.88 Å². The Balaban J connectivity index is 1.41. The standard InChI is InChI=1S/C16H20N4OS2/c1-10-18-15-12(4-2-5-13(15)23-10)19-14(21)8-11-9-22-16-17-6-3-7-20(11)16/h9,12H,2-8H2,1H3,(H,19,21). The predicted octanol–water partition coefficient (Wildman–Crippen LogP) is 2.99. The van der Waals surface area contributed by atoms with Crippen LogP contribution in [0.2, 0.25) is 0 Å². The Morgan fingerprint density at radius 1 is 1.48 bits per heavy atom. The number of hydrogen-bond donors (Lipinski definition) is 1. The molecule has 0 saturated carbocycles. The zero-order chi connectivity index (χ0) is 15.8. The Hall–Kier alpha value is -1.34. The van der Waals surface area contributed by atoms with Gasteiger partial charge in [0.25, 0.3) is 0 Å². The monoisotopic (exact) mass is 348 g/mol. The fourth-order valence-corrected chi connectivity index (χ4v) is 5.36. The van der Waals surface area contributed by atoms with E-state index in [1.54, 1.807) is 23.1 Å². The zero-order valence-corrected chi connectivity index (χ0v) is 14.8. The third-order valence-corrected chi connectivity index (χ3v) is 6.40. The molecule has 2 aliphatic heterocycles. The molecule has 1 aromatic rings. The molecule has 1 aromatic heterocycles. The SMILES string of the molecule is Cc1nc2c(s1)CCCC2NC(=O)CC1=CSC2=NCCCN12. The number of rotatable bonds is 3. The van der Waals surface area contributed by atoms with Gasteiger partial charge in [-0.1, -0.05) is 11.8 Å². The molecular weight excluding hydrogens is 328 g/mol. The summed E-state index contributed by atoms with van der Waals surface area (Å²) in [5.74, 6) is 0.0900. The van der Waals surface area contributed by atoms with E-state index < -0.39 is 0 Å². The summed E-state index contributed by atoms with van der Waals surface area (Å²) >= 11 is 3.41. The van der Waals surface area contributed by atoms with E-state index >= 15 is 0 Å². The van der Waals surface area contributed by atoms with E-state index in [0.29, 0.717) is 6.42 Å². The van der Waals surface area contributed by atoms with Crippen LogP contribution in [-0.4, -0.2) is 34.0 Å². The van der Waals surface area contributed by atoms with Gasteiger partial charge in [-0.2, -0.15) is 0 Å². The summed E-state index contributed by atoms with van der Waals surface area (Å²) in [7, 11) is 0. The number of aromatic nitrogens is 1. The van der Waals surface area contributed by atoms with Crippen molar-refractivity contribution in [3.05, 3.63) is 26.7 Å². The van der Waals surface area contributed by atoms with Crippen LogP contribution < -0.4 is 5.32 Å². The summed E-state index contributed by atoms with van der Waals surface area (Å²) in [6.45, 7) is 3.92. The van der Waals surface area contributed by atoms with Gasteiger partial charge in [0.15, 0.2) is 5.17 Å². The number of amides is 1. The van der Waals surface area contributed by atoms with Crippen LogP contribution in [0.4, 0.5) is 0 Å². The molecule has 0 fully saturated rings. The number of amidine groups is 1. The molecule has 0 spiro atoms. The van der Waals surface area contributed by atoms with Crippen LogP contribution in [0.1, 0.15) is 47.3 Å². The summed E-state index contributed by atoms with van der Waals surface area (Å²) < 4.78 is 0. The molecule has 1 atom stereocenters. The number of thiazole rings is 1. The van der Waals surface area contributed by atoms with Gasteiger partial charge in [0.1, 0.15) is 0 Å². The summed E-state index contributed by atoms with van der Waals surface area (Å²) in [5.41, 5.74) is 2.18. The number of nitrogens with one attached hydrogen (secondary N) is 1. The number of nitrogens with zero attached hydrogens (tertiary/aromatic N) is 3. The topological polar surface area (TPSA) is 57.6 Å². The number of aliphatic imine (C=N–C) groups is 1. The third kappa shape index (κ3) is 3.04. The highest BCUT2D eigenvalue weighted by Crippen LogP contribution is 2.34. The van der Waals surface area contributed by atoms with Gasteiger partial charge in [-0.25, -0.2) is 4.98 Å². The van der Waals surface area contributed by atoms with Gasteiger partial charge in [-0.3, -0.25) is 9.79 Å². The van der Waals surface area contributed by atoms with Crippen molar-refractivity contribution in [2.75, 3.05) is 13.1 Å². The summed E-state index contributed by atoms with van der Waals surface area (Å²) in [6, 6.07) is 0.0837. The Bertz CT molecular complexity index is 694. The smallest absolute Gasteiger partial charge is 0.226 e. The molecule has 122 valence electrons. The lowest BCUT2D eigenvalue weighted by Gasteiger charge is -2.26. The molecule has 5 nitrogen and oxygen atoms in total. The normalized spacial score (nSPS) is 23.0. The highest BCUT2D eigenvalue weighted by atomic mass is 32.2. The van der Waals surface area contributed by atoms with Crippen LogP contribution in [0.25, 0.3) is 0 Å². The molecule has 1 N–H and O–H groups in total. The molecular formula is C16H20N4OS2. The number of fused-ring (bicyclic) bond motifs is 2. The maximum absolute atomic E-state index is 12.5. The van der Waals surface area contributed by atoms with Crippen molar-refractivity contribution in [3.8, 4) is 0 Å².